The van der Waals surface area contributed by atoms with Gasteiger partial charge < -0.3 is 8.90 Å². The van der Waals surface area contributed by atoms with Crippen molar-refractivity contribution in [2.45, 2.75) is 135 Å². The Hall–Kier alpha value is -2.34. The largest absolute Gasteiger partial charge is 0.398 e. The number of para-hydroxylation sites is 3. The normalized spacial score (nSPS) is 23.2. The minimum Gasteiger partial charge on any atom is -0.398 e. The van der Waals surface area contributed by atoms with Crippen LogP contribution in [0, 0.1) is 0 Å². The molecule has 3 heterocycles. The van der Waals surface area contributed by atoms with Gasteiger partial charge in [-0.1, -0.05) is 82.1 Å². The van der Waals surface area contributed by atoms with Crippen LogP contribution in [0.5, 0.6) is 0 Å². The summed E-state index contributed by atoms with van der Waals surface area (Å²) in [5.41, 5.74) is 3.69. The quantitative estimate of drug-likeness (QED) is 0.168. The predicted molar refractivity (Wildman–Crippen MR) is 203 cm³/mol. The number of hydrogen-bond donors (Lipinski definition) is 0. The molecule has 0 aliphatic carbocycles. The lowest BCUT2D eigenvalue weighted by atomic mass is 10.00. The van der Waals surface area contributed by atoms with E-state index in [9.17, 15) is 0 Å². The van der Waals surface area contributed by atoms with Crippen molar-refractivity contribution in [3.63, 3.8) is 0 Å². The Morgan fingerprint density at radius 3 is 2.13 bits per heavy atom. The average Bonchev–Trinajstić information content (AvgIpc) is 3.61. The van der Waals surface area contributed by atoms with E-state index in [0.29, 0.717) is 6.04 Å². The van der Waals surface area contributed by atoms with Crippen LogP contribution >= 0.6 is 11.8 Å². The molecule has 47 heavy (non-hydrogen) atoms. The summed E-state index contributed by atoms with van der Waals surface area (Å²) < 4.78 is 11.1. The third kappa shape index (κ3) is 8.64. The highest BCUT2D eigenvalue weighted by molar-refractivity contribution is 8.03. The summed E-state index contributed by atoms with van der Waals surface area (Å²) in [4.78, 5) is 1.44. The van der Waals surface area contributed by atoms with Crippen LogP contribution in [0.4, 0.5) is 5.69 Å². The Bertz CT molecular complexity index is 1440. The van der Waals surface area contributed by atoms with E-state index in [1.807, 2.05) is 11.8 Å². The van der Waals surface area contributed by atoms with Crippen LogP contribution in [-0.2, 0) is 6.54 Å². The molecule has 0 N–H and O–H groups in total. The SMILES string of the molecule is CC[N+](CC)(CC)CCC[n+]1c(C=C/C=C2\Sc3ccccc3[N+]23CCCCCCCCCCCCCCC3C)oc2ccccc21. The van der Waals surface area contributed by atoms with E-state index in [1.165, 1.54) is 142 Å². The van der Waals surface area contributed by atoms with Crippen LogP contribution in [0.2, 0.25) is 0 Å². The molecule has 5 heteroatoms. The molecule has 1 spiro atoms. The zero-order chi connectivity index (χ0) is 33.0. The molecule has 1 saturated heterocycles. The predicted octanol–water partition coefficient (Wildman–Crippen LogP) is 11.4. The summed E-state index contributed by atoms with van der Waals surface area (Å²) in [6, 6.07) is 18.4. The lowest BCUT2D eigenvalue weighted by molar-refractivity contribution is -0.925. The molecule has 256 valence electrons. The smallest absolute Gasteiger partial charge is 0.374 e. The molecule has 5 rings (SSSR count). The maximum atomic E-state index is 6.51. The van der Waals surface area contributed by atoms with Gasteiger partial charge in [-0.05, 0) is 83.3 Å². The second-order valence-corrected chi connectivity index (χ2v) is 15.4. The highest BCUT2D eigenvalue weighted by atomic mass is 32.2. The zero-order valence-electron chi connectivity index (χ0n) is 30.2. The highest BCUT2D eigenvalue weighted by Gasteiger charge is 2.47. The third-order valence-electron chi connectivity index (χ3n) is 11.7. The maximum absolute atomic E-state index is 6.51. The van der Waals surface area contributed by atoms with E-state index in [2.05, 4.69) is 99.0 Å². The molecule has 0 saturated carbocycles. The number of hydrogen-bond acceptors (Lipinski definition) is 2. The topological polar surface area (TPSA) is 17.0 Å². The van der Waals surface area contributed by atoms with Crippen molar-refractivity contribution in [1.82, 2.24) is 4.48 Å². The molecule has 2 atom stereocenters. The molecule has 0 amide bonds. The first kappa shape index (κ1) is 36.0. The highest BCUT2D eigenvalue weighted by Crippen LogP contribution is 2.53. The average molecular weight is 659 g/mol. The van der Waals surface area contributed by atoms with Crippen LogP contribution in [0.25, 0.3) is 17.2 Å². The van der Waals surface area contributed by atoms with Gasteiger partial charge in [-0.2, -0.15) is 4.57 Å². The van der Waals surface area contributed by atoms with E-state index in [-0.39, 0.29) is 0 Å². The second kappa shape index (κ2) is 17.9. The van der Waals surface area contributed by atoms with Gasteiger partial charge in [-0.25, -0.2) is 4.48 Å². The summed E-state index contributed by atoms with van der Waals surface area (Å²) in [5.74, 6) is 0.957. The standard InChI is InChI=1S/C42H64N3OS/c1-5-44(6-2,7-3)34-25-33-43-37-27-19-21-29-39(37)46-41(43)31-24-32-42-45(38-28-20-22-30-40(38)47-42)35-23-17-15-13-11-9-8-10-12-14-16-18-26-36(45)4/h19-22,24,27-32,36H,5-18,23,25-26,33-35H2,1-4H3/q+3/b31-24?,42-32-. The number of rotatable bonds is 9. The van der Waals surface area contributed by atoms with Gasteiger partial charge in [0.25, 0.3) is 5.52 Å². The Kier molecular flexibility index (Phi) is 13.7. The number of allylic oxidation sites excluding steroid dienone is 2. The van der Waals surface area contributed by atoms with Crippen molar-refractivity contribution >= 4 is 34.6 Å². The van der Waals surface area contributed by atoms with Crippen LogP contribution in [-0.4, -0.2) is 43.2 Å². The summed E-state index contributed by atoms with van der Waals surface area (Å²) in [5, 5.41) is 1.48. The molecular formula is C42H64N3OS+3. The number of quaternary nitrogens is 2. The Morgan fingerprint density at radius 2 is 1.43 bits per heavy atom. The maximum Gasteiger partial charge on any atom is 0.374 e. The summed E-state index contributed by atoms with van der Waals surface area (Å²) in [6.07, 6.45) is 26.1. The van der Waals surface area contributed by atoms with Gasteiger partial charge in [-0.3, -0.25) is 0 Å². The van der Waals surface area contributed by atoms with E-state index in [1.54, 1.807) is 0 Å². The van der Waals surface area contributed by atoms with Gasteiger partial charge in [0, 0.05) is 18.2 Å². The molecule has 2 aliphatic rings. The monoisotopic (exact) mass is 658 g/mol. The summed E-state index contributed by atoms with van der Waals surface area (Å²) in [7, 11) is 0. The molecule has 2 aliphatic heterocycles. The molecule has 3 aromatic rings. The summed E-state index contributed by atoms with van der Waals surface area (Å²) >= 11 is 2.01. The van der Waals surface area contributed by atoms with E-state index in [4.69, 9.17) is 4.42 Å². The number of aryl methyl sites for hydroxylation is 1. The Labute approximate surface area is 291 Å². The molecule has 2 unspecified atom stereocenters. The molecule has 2 aromatic carbocycles. The lowest BCUT2D eigenvalue weighted by Gasteiger charge is -2.40. The number of oxazole rings is 1. The van der Waals surface area contributed by atoms with Crippen LogP contribution in [0.3, 0.4) is 0 Å². The van der Waals surface area contributed by atoms with Crippen molar-refractivity contribution in [3.05, 3.63) is 71.6 Å². The summed E-state index contributed by atoms with van der Waals surface area (Å²) in [6.45, 7) is 16.5. The number of nitrogens with zero attached hydrogens (tertiary/aromatic N) is 3. The van der Waals surface area contributed by atoms with E-state index < -0.39 is 0 Å². The van der Waals surface area contributed by atoms with Gasteiger partial charge >= 0.3 is 5.89 Å². The fourth-order valence-corrected chi connectivity index (χ4v) is 9.76. The number of benzene rings is 2. The van der Waals surface area contributed by atoms with Gasteiger partial charge in [0.1, 0.15) is 0 Å². The minimum absolute atomic E-state index is 0.559. The van der Waals surface area contributed by atoms with Crippen molar-refractivity contribution in [1.29, 1.82) is 0 Å². The van der Waals surface area contributed by atoms with Gasteiger partial charge in [0.05, 0.1) is 56.2 Å². The first-order valence-electron chi connectivity index (χ1n) is 19.4. The molecule has 1 fully saturated rings. The van der Waals surface area contributed by atoms with Crippen LogP contribution in [0.1, 0.15) is 123 Å². The van der Waals surface area contributed by atoms with Crippen molar-refractivity contribution in [2.24, 2.45) is 0 Å². The van der Waals surface area contributed by atoms with Gasteiger partial charge in [0.15, 0.2) is 17.3 Å². The minimum atomic E-state index is 0.559. The zero-order valence-corrected chi connectivity index (χ0v) is 31.0. The molecular weight excluding hydrogens is 595 g/mol. The van der Waals surface area contributed by atoms with Crippen LogP contribution < -0.4 is 9.05 Å². The molecule has 0 bridgehead atoms. The third-order valence-corrected chi connectivity index (χ3v) is 12.9. The first-order chi connectivity index (χ1) is 23.1. The fourth-order valence-electron chi connectivity index (χ4n) is 8.38. The molecule has 1 aromatic heterocycles. The van der Waals surface area contributed by atoms with Crippen LogP contribution in [0.15, 0.2) is 75.0 Å². The number of thioether (sulfide) groups is 1. The van der Waals surface area contributed by atoms with Crippen molar-refractivity contribution < 1.29 is 13.5 Å². The fraction of sp³-hybridized carbons (Fsp3) is 0.595. The Morgan fingerprint density at radius 1 is 0.809 bits per heavy atom. The lowest BCUT2D eigenvalue weighted by Crippen LogP contribution is -2.53. The molecule has 4 nitrogen and oxygen atoms in total. The second-order valence-electron chi connectivity index (χ2n) is 14.3. The van der Waals surface area contributed by atoms with E-state index >= 15 is 0 Å². The van der Waals surface area contributed by atoms with Gasteiger partial charge in [0.2, 0.25) is 5.58 Å². The number of fused-ring (bicyclic) bond motifs is 3. The van der Waals surface area contributed by atoms with E-state index in [0.717, 1.165) is 28.9 Å². The number of aromatic nitrogens is 1. The van der Waals surface area contributed by atoms with Gasteiger partial charge in [-0.15, -0.1) is 0 Å². The van der Waals surface area contributed by atoms with Crippen molar-refractivity contribution in [3.8, 4) is 0 Å². The Balaban J connectivity index is 1.43. The van der Waals surface area contributed by atoms with Crippen molar-refractivity contribution in [2.75, 3.05) is 32.7 Å². The molecule has 0 radical (unpaired) electrons. The first-order valence-corrected chi connectivity index (χ1v) is 20.2.